The van der Waals surface area contributed by atoms with Crippen molar-refractivity contribution in [2.75, 3.05) is 13.1 Å². The number of likely N-dealkylation sites (tertiary alicyclic amines) is 1. The van der Waals surface area contributed by atoms with Crippen LogP contribution in [-0.2, 0) is 30.4 Å². The van der Waals surface area contributed by atoms with E-state index in [2.05, 4.69) is 15.6 Å². The molecule has 2 aromatic rings. The fourth-order valence-electron chi connectivity index (χ4n) is 4.96. The Labute approximate surface area is 232 Å². The van der Waals surface area contributed by atoms with Crippen LogP contribution < -0.4 is 27.8 Å². The molecular formula is C27H39N7O6. The van der Waals surface area contributed by atoms with Crippen molar-refractivity contribution < 1.29 is 29.1 Å². The number of amides is 4. The summed E-state index contributed by atoms with van der Waals surface area (Å²) in [5.74, 6) is -3.40. The van der Waals surface area contributed by atoms with Gasteiger partial charge < -0.3 is 42.8 Å². The summed E-state index contributed by atoms with van der Waals surface area (Å²) in [6.45, 7) is 0.714. The number of unbranched alkanes of at least 4 members (excludes halogenated alkanes) is 1. The van der Waals surface area contributed by atoms with Gasteiger partial charge in [0.1, 0.15) is 18.1 Å². The molecule has 1 saturated heterocycles. The van der Waals surface area contributed by atoms with Gasteiger partial charge in [-0.2, -0.15) is 0 Å². The van der Waals surface area contributed by atoms with Gasteiger partial charge in [0, 0.05) is 36.5 Å². The van der Waals surface area contributed by atoms with E-state index in [0.29, 0.717) is 38.8 Å². The normalized spacial score (nSPS) is 17.2. The minimum absolute atomic E-state index is 0.0443. The predicted octanol–water partition coefficient (Wildman–Crippen LogP) is -0.523. The Morgan fingerprint density at radius 2 is 1.82 bits per heavy atom. The van der Waals surface area contributed by atoms with Gasteiger partial charge in [-0.25, -0.2) is 4.79 Å². The Kier molecular flexibility index (Phi) is 11.0. The number of carboxylic acid groups (broad SMARTS) is 1. The van der Waals surface area contributed by atoms with Crippen LogP contribution >= 0.6 is 0 Å². The number of carboxylic acids is 1. The lowest BCUT2D eigenvalue weighted by Crippen LogP contribution is -2.56. The number of rotatable bonds is 15. The van der Waals surface area contributed by atoms with Crippen LogP contribution in [-0.4, -0.2) is 81.8 Å². The number of hydrogen-bond acceptors (Lipinski definition) is 7. The molecule has 0 spiro atoms. The number of nitrogens with zero attached hydrogens (tertiary/aromatic N) is 1. The van der Waals surface area contributed by atoms with E-state index in [1.54, 1.807) is 6.20 Å². The van der Waals surface area contributed by atoms with E-state index in [1.165, 1.54) is 4.90 Å². The molecule has 1 aromatic heterocycles. The maximum Gasteiger partial charge on any atom is 0.326 e. The van der Waals surface area contributed by atoms with Crippen molar-refractivity contribution in [3.8, 4) is 0 Å². The highest BCUT2D eigenvalue weighted by Gasteiger charge is 2.38. The van der Waals surface area contributed by atoms with Crippen molar-refractivity contribution in [2.45, 2.75) is 75.5 Å². The van der Waals surface area contributed by atoms with Crippen LogP contribution in [0, 0.1) is 0 Å². The third-order valence-electron chi connectivity index (χ3n) is 7.15. The molecule has 0 aliphatic carbocycles. The molecular weight excluding hydrogens is 518 g/mol. The molecule has 3 rings (SSSR count). The highest BCUT2D eigenvalue weighted by atomic mass is 16.4. The maximum absolute atomic E-state index is 13.3. The molecule has 13 heteroatoms. The van der Waals surface area contributed by atoms with E-state index in [4.69, 9.17) is 17.2 Å². The van der Waals surface area contributed by atoms with E-state index in [0.717, 1.165) is 16.5 Å². The van der Waals surface area contributed by atoms with Crippen LogP contribution in [0.25, 0.3) is 10.9 Å². The topological polar surface area (TPSA) is 227 Å². The number of fused-ring (bicyclic) bond motifs is 1. The van der Waals surface area contributed by atoms with Gasteiger partial charge in [-0.3, -0.25) is 19.2 Å². The van der Waals surface area contributed by atoms with E-state index >= 15 is 0 Å². The molecule has 4 amide bonds. The Morgan fingerprint density at radius 3 is 2.52 bits per heavy atom. The Balaban J connectivity index is 1.69. The van der Waals surface area contributed by atoms with Crippen LogP contribution in [0.1, 0.15) is 50.5 Å². The first kappa shape index (κ1) is 30.6. The number of aliphatic carboxylic acids is 1. The number of benzene rings is 1. The molecule has 4 atom stereocenters. The van der Waals surface area contributed by atoms with E-state index in [9.17, 15) is 29.1 Å². The maximum atomic E-state index is 13.3. The number of carbonyl (C=O) groups is 5. The molecule has 2 heterocycles. The molecule has 13 nitrogen and oxygen atoms in total. The van der Waals surface area contributed by atoms with Gasteiger partial charge in [0.2, 0.25) is 23.6 Å². The molecule has 40 heavy (non-hydrogen) atoms. The second kappa shape index (κ2) is 14.4. The molecule has 1 aromatic carbocycles. The number of hydrogen-bond donors (Lipinski definition) is 7. The minimum atomic E-state index is -1.23. The average Bonchev–Trinajstić information content (AvgIpc) is 3.58. The zero-order valence-corrected chi connectivity index (χ0v) is 22.4. The SMILES string of the molecule is NCCCCC(NC(=O)C1CCCN1C(=O)C(N)CCC(N)=O)C(=O)NC(Cc1c[nH]c2ccccc12)C(=O)O. The number of aromatic amines is 1. The summed E-state index contributed by atoms with van der Waals surface area (Å²) in [6, 6.07) is 3.38. The highest BCUT2D eigenvalue weighted by molar-refractivity contribution is 5.94. The molecule has 1 aliphatic rings. The summed E-state index contributed by atoms with van der Waals surface area (Å²) in [5, 5.41) is 16.0. The van der Waals surface area contributed by atoms with Gasteiger partial charge >= 0.3 is 5.97 Å². The fourth-order valence-corrected chi connectivity index (χ4v) is 4.96. The summed E-state index contributed by atoms with van der Waals surface area (Å²) in [7, 11) is 0. The number of nitrogens with one attached hydrogen (secondary N) is 3. The average molecular weight is 558 g/mol. The summed E-state index contributed by atoms with van der Waals surface area (Å²) >= 11 is 0. The molecule has 218 valence electrons. The lowest BCUT2D eigenvalue weighted by atomic mass is 10.0. The number of aromatic nitrogens is 1. The third-order valence-corrected chi connectivity index (χ3v) is 7.15. The number of para-hydroxylation sites is 1. The first-order valence-electron chi connectivity index (χ1n) is 13.5. The molecule has 0 saturated carbocycles. The van der Waals surface area contributed by atoms with Crippen LogP contribution in [0.5, 0.6) is 0 Å². The van der Waals surface area contributed by atoms with Crippen LogP contribution in [0.2, 0.25) is 0 Å². The molecule has 1 aliphatic heterocycles. The van der Waals surface area contributed by atoms with E-state index < -0.39 is 53.8 Å². The van der Waals surface area contributed by atoms with Gasteiger partial charge in [-0.05, 0) is 56.7 Å². The lowest BCUT2D eigenvalue weighted by Gasteiger charge is -2.28. The Morgan fingerprint density at radius 1 is 1.07 bits per heavy atom. The third kappa shape index (κ3) is 8.02. The van der Waals surface area contributed by atoms with Gasteiger partial charge in [0.15, 0.2) is 0 Å². The molecule has 4 unspecified atom stereocenters. The standard InChI is InChI=1S/C27H39N7O6/c28-12-4-3-8-20(32-25(37)22-9-5-13-34(22)26(38)18(29)10-11-23(30)35)24(36)33-21(27(39)40)14-16-15-31-19-7-2-1-6-17(16)19/h1-2,6-7,15,18,20-22,31H,3-5,8-14,28-29H2,(H2,30,35)(H,32,37)(H,33,36)(H,39,40). The number of nitrogens with two attached hydrogens (primary N) is 3. The van der Waals surface area contributed by atoms with Gasteiger partial charge in [0.25, 0.3) is 0 Å². The van der Waals surface area contributed by atoms with Gasteiger partial charge in [-0.1, -0.05) is 18.2 Å². The summed E-state index contributed by atoms with van der Waals surface area (Å²) in [6.07, 6.45) is 4.11. The van der Waals surface area contributed by atoms with Gasteiger partial charge in [0.05, 0.1) is 6.04 Å². The number of H-pyrrole nitrogens is 1. The summed E-state index contributed by atoms with van der Waals surface area (Å²) < 4.78 is 0. The van der Waals surface area contributed by atoms with E-state index in [1.807, 2.05) is 24.3 Å². The Bertz CT molecular complexity index is 1210. The highest BCUT2D eigenvalue weighted by Crippen LogP contribution is 2.21. The summed E-state index contributed by atoms with van der Waals surface area (Å²) in [5.41, 5.74) is 18.3. The van der Waals surface area contributed by atoms with Crippen LogP contribution in [0.4, 0.5) is 0 Å². The minimum Gasteiger partial charge on any atom is -0.480 e. The predicted molar refractivity (Wildman–Crippen MR) is 148 cm³/mol. The van der Waals surface area contributed by atoms with Crippen molar-refractivity contribution in [1.82, 2.24) is 20.5 Å². The van der Waals surface area contributed by atoms with Crippen molar-refractivity contribution in [3.63, 3.8) is 0 Å². The van der Waals surface area contributed by atoms with Gasteiger partial charge in [-0.15, -0.1) is 0 Å². The van der Waals surface area contributed by atoms with Crippen molar-refractivity contribution in [3.05, 3.63) is 36.0 Å². The van der Waals surface area contributed by atoms with Crippen molar-refractivity contribution in [1.29, 1.82) is 0 Å². The zero-order valence-electron chi connectivity index (χ0n) is 22.4. The monoisotopic (exact) mass is 557 g/mol. The first-order valence-corrected chi connectivity index (χ1v) is 13.5. The smallest absolute Gasteiger partial charge is 0.326 e. The second-order valence-electron chi connectivity index (χ2n) is 10.1. The summed E-state index contributed by atoms with van der Waals surface area (Å²) in [4.78, 5) is 67.1. The first-order chi connectivity index (χ1) is 19.1. The largest absolute Gasteiger partial charge is 0.480 e. The molecule has 0 radical (unpaired) electrons. The van der Waals surface area contributed by atoms with Crippen molar-refractivity contribution >= 4 is 40.5 Å². The van der Waals surface area contributed by atoms with Crippen molar-refractivity contribution in [2.24, 2.45) is 17.2 Å². The molecule has 0 bridgehead atoms. The fraction of sp³-hybridized carbons (Fsp3) is 0.519. The van der Waals surface area contributed by atoms with Crippen LogP contribution in [0.15, 0.2) is 30.5 Å². The number of primary amides is 1. The zero-order chi connectivity index (χ0) is 29.2. The number of carbonyl (C=O) groups excluding carboxylic acids is 4. The van der Waals surface area contributed by atoms with E-state index in [-0.39, 0.29) is 25.7 Å². The Hall–Kier alpha value is -3.97. The molecule has 1 fully saturated rings. The second-order valence-corrected chi connectivity index (χ2v) is 10.1. The van der Waals surface area contributed by atoms with Crippen LogP contribution in [0.3, 0.4) is 0 Å². The quantitative estimate of drug-likeness (QED) is 0.141. The lowest BCUT2D eigenvalue weighted by molar-refractivity contribution is -0.143. The molecule has 10 N–H and O–H groups in total.